The van der Waals surface area contributed by atoms with Crippen LogP contribution in [0.1, 0.15) is 20.3 Å². The van der Waals surface area contributed by atoms with Crippen LogP contribution in [0.5, 0.6) is 0 Å². The van der Waals surface area contributed by atoms with E-state index in [1.165, 1.54) is 0 Å². The molecule has 2 heterocycles. The fourth-order valence-corrected chi connectivity index (χ4v) is 3.12. The van der Waals surface area contributed by atoms with Gasteiger partial charge in [-0.3, -0.25) is 0 Å². The van der Waals surface area contributed by atoms with Crippen LogP contribution in [0.25, 0.3) is 11.2 Å². The number of nitrogen functional groups attached to an aromatic ring is 1. The summed E-state index contributed by atoms with van der Waals surface area (Å²) in [5.41, 5.74) is 6.73. The van der Waals surface area contributed by atoms with E-state index in [0.29, 0.717) is 29.5 Å². The lowest BCUT2D eigenvalue weighted by Crippen LogP contribution is -2.48. The fraction of sp³-hybridized carbons (Fsp3) is 0.667. The van der Waals surface area contributed by atoms with E-state index in [1.54, 1.807) is 4.68 Å². The minimum absolute atomic E-state index is 0.0788. The number of aliphatic hydroxyl groups is 1. The van der Waals surface area contributed by atoms with Crippen LogP contribution in [-0.4, -0.2) is 36.7 Å². The first kappa shape index (κ1) is 13.5. The van der Waals surface area contributed by atoms with E-state index < -0.39 is 0 Å². The highest BCUT2D eigenvalue weighted by atomic mass is 35.5. The Morgan fingerprint density at radius 3 is 2.80 bits per heavy atom. The summed E-state index contributed by atoms with van der Waals surface area (Å²) in [5, 5.41) is 17.6. The van der Waals surface area contributed by atoms with Crippen LogP contribution in [-0.2, 0) is 6.54 Å². The Hall–Kier alpha value is -1.47. The summed E-state index contributed by atoms with van der Waals surface area (Å²) in [7, 11) is 0. The van der Waals surface area contributed by atoms with Gasteiger partial charge in [-0.2, -0.15) is 9.97 Å². The van der Waals surface area contributed by atoms with Crippen molar-refractivity contribution in [3.63, 3.8) is 0 Å². The summed E-state index contributed by atoms with van der Waals surface area (Å²) < 4.78 is 1.72. The number of aliphatic hydroxyl groups excluding tert-OH is 1. The van der Waals surface area contributed by atoms with Crippen LogP contribution >= 0.6 is 11.6 Å². The highest BCUT2D eigenvalue weighted by molar-refractivity contribution is 6.33. The molecular formula is C12H17ClN6O. The summed E-state index contributed by atoms with van der Waals surface area (Å²) in [6.45, 7) is 5.24. The molecule has 2 unspecified atom stereocenters. The van der Waals surface area contributed by atoms with Gasteiger partial charge in [0.05, 0.1) is 0 Å². The van der Waals surface area contributed by atoms with Gasteiger partial charge in [0, 0.05) is 13.2 Å². The molecule has 3 N–H and O–H groups in total. The topological polar surface area (TPSA) is 103 Å². The quantitative estimate of drug-likeness (QED) is 0.823. The van der Waals surface area contributed by atoms with Crippen molar-refractivity contribution < 1.29 is 5.11 Å². The Kier molecular flexibility index (Phi) is 3.06. The molecule has 7 nitrogen and oxygen atoms in total. The molecule has 1 aliphatic carbocycles. The van der Waals surface area contributed by atoms with Gasteiger partial charge in [-0.1, -0.05) is 30.7 Å². The Morgan fingerprint density at radius 1 is 1.40 bits per heavy atom. The number of fused-ring (bicyclic) bond motifs is 1. The third kappa shape index (κ3) is 1.92. The molecule has 0 aromatic carbocycles. The van der Waals surface area contributed by atoms with Crippen molar-refractivity contribution in [1.82, 2.24) is 25.0 Å². The second kappa shape index (κ2) is 4.53. The zero-order valence-corrected chi connectivity index (χ0v) is 12.2. The van der Waals surface area contributed by atoms with Crippen molar-refractivity contribution >= 4 is 28.7 Å². The third-order valence-electron chi connectivity index (χ3n) is 4.62. The monoisotopic (exact) mass is 296 g/mol. The Labute approximate surface area is 121 Å². The second-order valence-corrected chi connectivity index (χ2v) is 6.31. The van der Waals surface area contributed by atoms with Gasteiger partial charge in [-0.05, 0) is 23.7 Å². The number of anilines is 1. The number of hydrogen-bond acceptors (Lipinski definition) is 6. The summed E-state index contributed by atoms with van der Waals surface area (Å²) >= 11 is 5.98. The van der Waals surface area contributed by atoms with Gasteiger partial charge in [-0.15, -0.1) is 5.10 Å². The molecule has 108 valence electrons. The molecule has 0 bridgehead atoms. The highest BCUT2D eigenvalue weighted by Gasteiger charge is 2.47. The normalized spacial score (nSPS) is 24.8. The Balaban J connectivity index is 1.89. The number of rotatable bonds is 3. The van der Waals surface area contributed by atoms with Crippen molar-refractivity contribution in [2.45, 2.75) is 26.8 Å². The summed E-state index contributed by atoms with van der Waals surface area (Å²) in [6, 6.07) is 0. The maximum atomic E-state index is 9.32. The molecule has 0 aliphatic heterocycles. The minimum atomic E-state index is 0.0788. The van der Waals surface area contributed by atoms with Gasteiger partial charge in [0.2, 0.25) is 5.95 Å². The number of hydrogen-bond donors (Lipinski definition) is 2. The molecule has 2 aromatic rings. The van der Waals surface area contributed by atoms with E-state index in [2.05, 4.69) is 34.1 Å². The minimum Gasteiger partial charge on any atom is -0.396 e. The summed E-state index contributed by atoms with van der Waals surface area (Å²) in [5.74, 6) is 0.872. The predicted molar refractivity (Wildman–Crippen MR) is 75.0 cm³/mol. The van der Waals surface area contributed by atoms with E-state index >= 15 is 0 Å². The number of halogens is 1. The molecule has 2 atom stereocenters. The van der Waals surface area contributed by atoms with Gasteiger partial charge in [0.25, 0.3) is 0 Å². The number of nitrogens with zero attached hydrogens (tertiary/aromatic N) is 5. The molecule has 0 saturated heterocycles. The fourth-order valence-electron chi connectivity index (χ4n) is 2.91. The van der Waals surface area contributed by atoms with Crippen LogP contribution in [0.15, 0.2) is 0 Å². The number of aromatic nitrogens is 5. The van der Waals surface area contributed by atoms with Crippen molar-refractivity contribution in [1.29, 1.82) is 0 Å². The third-order valence-corrected chi connectivity index (χ3v) is 4.89. The zero-order chi connectivity index (χ0) is 14.5. The van der Waals surface area contributed by atoms with E-state index in [1.807, 2.05) is 0 Å². The molecular weight excluding hydrogens is 280 g/mol. The highest BCUT2D eigenvalue weighted by Crippen LogP contribution is 2.51. The van der Waals surface area contributed by atoms with Crippen LogP contribution in [0.2, 0.25) is 5.15 Å². The lowest BCUT2D eigenvalue weighted by molar-refractivity contribution is -0.0607. The average Bonchev–Trinajstić information content (AvgIpc) is 2.77. The van der Waals surface area contributed by atoms with E-state index in [0.717, 1.165) is 6.42 Å². The van der Waals surface area contributed by atoms with Crippen LogP contribution in [0, 0.1) is 17.3 Å². The SMILES string of the molecule is CC1(C)C(CO)CC1Cn1nnc2c(Cl)nc(N)nc21. The second-order valence-electron chi connectivity index (χ2n) is 5.95. The van der Waals surface area contributed by atoms with Crippen LogP contribution < -0.4 is 5.73 Å². The van der Waals surface area contributed by atoms with Gasteiger partial charge < -0.3 is 10.8 Å². The first-order chi connectivity index (χ1) is 9.43. The zero-order valence-electron chi connectivity index (χ0n) is 11.4. The molecule has 0 amide bonds. The van der Waals surface area contributed by atoms with Gasteiger partial charge in [0.1, 0.15) is 0 Å². The van der Waals surface area contributed by atoms with Crippen molar-refractivity contribution in [2.24, 2.45) is 17.3 Å². The van der Waals surface area contributed by atoms with Crippen molar-refractivity contribution in [3.05, 3.63) is 5.15 Å². The van der Waals surface area contributed by atoms with Crippen LogP contribution in [0.4, 0.5) is 5.95 Å². The maximum absolute atomic E-state index is 9.32. The molecule has 1 aliphatic rings. The smallest absolute Gasteiger partial charge is 0.223 e. The first-order valence-corrected chi connectivity index (χ1v) is 6.94. The van der Waals surface area contributed by atoms with Gasteiger partial charge in [0.15, 0.2) is 16.3 Å². The lowest BCUT2D eigenvalue weighted by atomic mass is 9.55. The molecule has 20 heavy (non-hydrogen) atoms. The number of nitrogens with two attached hydrogens (primary N) is 1. The van der Waals surface area contributed by atoms with Gasteiger partial charge >= 0.3 is 0 Å². The van der Waals surface area contributed by atoms with Crippen molar-refractivity contribution in [2.75, 3.05) is 12.3 Å². The lowest BCUT2D eigenvalue weighted by Gasteiger charge is -2.51. The Morgan fingerprint density at radius 2 is 2.15 bits per heavy atom. The molecule has 0 radical (unpaired) electrons. The van der Waals surface area contributed by atoms with Crippen LogP contribution in [0.3, 0.4) is 0 Å². The Bertz CT molecular complexity index is 655. The van der Waals surface area contributed by atoms with E-state index in [9.17, 15) is 5.11 Å². The first-order valence-electron chi connectivity index (χ1n) is 6.56. The van der Waals surface area contributed by atoms with Gasteiger partial charge in [-0.25, -0.2) is 4.68 Å². The molecule has 1 saturated carbocycles. The largest absolute Gasteiger partial charge is 0.396 e. The average molecular weight is 297 g/mol. The molecule has 0 spiro atoms. The molecule has 8 heteroatoms. The van der Waals surface area contributed by atoms with Crippen molar-refractivity contribution in [3.8, 4) is 0 Å². The van der Waals surface area contributed by atoms with E-state index in [4.69, 9.17) is 17.3 Å². The molecule has 1 fully saturated rings. The standard InChI is InChI=1S/C12H17ClN6O/c1-12(2)6(3-7(12)5-20)4-19-10-8(17-18-19)9(13)15-11(14)16-10/h6-7,20H,3-5H2,1-2H3,(H2,14,15,16). The predicted octanol–water partition coefficient (Wildman–Crippen LogP) is 1.11. The molecule has 2 aromatic heterocycles. The summed E-state index contributed by atoms with van der Waals surface area (Å²) in [6.07, 6.45) is 0.971. The maximum Gasteiger partial charge on any atom is 0.223 e. The summed E-state index contributed by atoms with van der Waals surface area (Å²) in [4.78, 5) is 8.03. The molecule has 3 rings (SSSR count). The van der Waals surface area contributed by atoms with E-state index in [-0.39, 0.29) is 23.1 Å².